The Balaban J connectivity index is 2.95. The van der Waals surface area contributed by atoms with Crippen molar-refractivity contribution in [3.63, 3.8) is 0 Å². The monoisotopic (exact) mass is 236 g/mol. The van der Waals surface area contributed by atoms with E-state index in [2.05, 4.69) is 15.3 Å². The fraction of sp³-hybridized carbons (Fsp3) is 0.182. The molecule has 1 aromatic rings. The van der Waals surface area contributed by atoms with Gasteiger partial charge < -0.3 is 9.84 Å². The third-order valence-corrected chi connectivity index (χ3v) is 1.99. The lowest BCUT2D eigenvalue weighted by atomic mass is 10.2. The predicted octanol–water partition coefficient (Wildman–Crippen LogP) is 1.35. The van der Waals surface area contributed by atoms with E-state index in [4.69, 9.17) is 5.11 Å². The van der Waals surface area contributed by atoms with Crippen molar-refractivity contribution in [2.75, 3.05) is 12.5 Å². The minimum atomic E-state index is -1.13. The summed E-state index contributed by atoms with van der Waals surface area (Å²) in [6, 6.07) is 6.52. The second-order valence-corrected chi connectivity index (χ2v) is 3.15. The minimum absolute atomic E-state index is 0.107. The molecule has 0 atom stereocenters. The Labute approximate surface area is 97.9 Å². The molecule has 1 aromatic carbocycles. The SMILES string of the molecule is COC(=O)c1ccccc1N/N=C(\C)C(=O)O. The number of para-hydroxylation sites is 1. The van der Waals surface area contributed by atoms with E-state index in [0.717, 1.165) is 0 Å². The van der Waals surface area contributed by atoms with Crippen molar-refractivity contribution in [1.82, 2.24) is 0 Å². The predicted molar refractivity (Wildman–Crippen MR) is 62.1 cm³/mol. The van der Waals surface area contributed by atoms with E-state index in [9.17, 15) is 9.59 Å². The number of carbonyl (C=O) groups is 2. The van der Waals surface area contributed by atoms with E-state index in [-0.39, 0.29) is 11.3 Å². The van der Waals surface area contributed by atoms with Crippen molar-refractivity contribution in [2.24, 2.45) is 5.10 Å². The van der Waals surface area contributed by atoms with E-state index in [1.807, 2.05) is 0 Å². The molecule has 6 heteroatoms. The second kappa shape index (κ2) is 5.64. The van der Waals surface area contributed by atoms with Crippen molar-refractivity contribution < 1.29 is 19.4 Å². The van der Waals surface area contributed by atoms with Crippen molar-refractivity contribution in [3.8, 4) is 0 Å². The molecule has 0 aliphatic rings. The highest BCUT2D eigenvalue weighted by Crippen LogP contribution is 2.15. The average molecular weight is 236 g/mol. The number of aliphatic carboxylic acids is 1. The summed E-state index contributed by atoms with van der Waals surface area (Å²) in [5.41, 5.74) is 3.09. The quantitative estimate of drug-likeness (QED) is 0.468. The molecule has 0 fully saturated rings. The number of esters is 1. The highest BCUT2D eigenvalue weighted by Gasteiger charge is 2.10. The number of rotatable bonds is 4. The summed E-state index contributed by atoms with van der Waals surface area (Å²) in [6.45, 7) is 1.34. The summed E-state index contributed by atoms with van der Waals surface area (Å²) in [7, 11) is 1.27. The van der Waals surface area contributed by atoms with Gasteiger partial charge in [-0.25, -0.2) is 9.59 Å². The summed E-state index contributed by atoms with van der Waals surface area (Å²) in [5.74, 6) is -1.65. The number of hydrogen-bond donors (Lipinski definition) is 2. The van der Waals surface area contributed by atoms with Gasteiger partial charge >= 0.3 is 11.9 Å². The van der Waals surface area contributed by atoms with E-state index >= 15 is 0 Å². The summed E-state index contributed by atoms with van der Waals surface area (Å²) in [4.78, 5) is 21.9. The first-order valence-corrected chi connectivity index (χ1v) is 4.77. The first-order valence-electron chi connectivity index (χ1n) is 4.77. The molecule has 0 spiro atoms. The fourth-order valence-corrected chi connectivity index (χ4v) is 1.06. The van der Waals surface area contributed by atoms with Crippen LogP contribution < -0.4 is 5.43 Å². The van der Waals surface area contributed by atoms with Crippen LogP contribution in [0.4, 0.5) is 5.69 Å². The maximum absolute atomic E-state index is 11.4. The molecule has 0 amide bonds. The normalized spacial score (nSPS) is 10.8. The molecule has 0 radical (unpaired) electrons. The van der Waals surface area contributed by atoms with E-state index in [1.165, 1.54) is 14.0 Å². The highest BCUT2D eigenvalue weighted by molar-refractivity contribution is 6.34. The van der Waals surface area contributed by atoms with Crippen LogP contribution in [0.15, 0.2) is 29.4 Å². The van der Waals surface area contributed by atoms with Crippen molar-refractivity contribution in [3.05, 3.63) is 29.8 Å². The molecular weight excluding hydrogens is 224 g/mol. The topological polar surface area (TPSA) is 88.0 Å². The van der Waals surface area contributed by atoms with Crippen molar-refractivity contribution in [2.45, 2.75) is 6.92 Å². The Hall–Kier alpha value is -2.37. The van der Waals surface area contributed by atoms with Gasteiger partial charge in [0.25, 0.3) is 0 Å². The van der Waals surface area contributed by atoms with E-state index < -0.39 is 11.9 Å². The van der Waals surface area contributed by atoms with Crippen LogP contribution in [0, 0.1) is 0 Å². The standard InChI is InChI=1S/C11H12N2O4/c1-7(10(14)15)12-13-9-6-4-3-5-8(9)11(16)17-2/h3-6,13H,1-2H3,(H,14,15)/b12-7+. The molecule has 0 saturated carbocycles. The number of carboxylic acids is 1. The molecule has 0 aromatic heterocycles. The van der Waals surface area contributed by atoms with E-state index in [0.29, 0.717) is 5.69 Å². The summed E-state index contributed by atoms with van der Waals surface area (Å²) in [5, 5.41) is 12.3. The fourth-order valence-electron chi connectivity index (χ4n) is 1.06. The lowest BCUT2D eigenvalue weighted by Crippen LogP contribution is -2.11. The van der Waals surface area contributed by atoms with Gasteiger partial charge in [-0.2, -0.15) is 5.10 Å². The summed E-state index contributed by atoms with van der Waals surface area (Å²) in [6.07, 6.45) is 0. The molecule has 17 heavy (non-hydrogen) atoms. The van der Waals surface area contributed by atoms with Gasteiger partial charge in [0, 0.05) is 0 Å². The number of hydrazone groups is 1. The second-order valence-electron chi connectivity index (χ2n) is 3.15. The number of anilines is 1. The van der Waals surface area contributed by atoms with Crippen LogP contribution in [0.1, 0.15) is 17.3 Å². The molecule has 0 bridgehead atoms. The maximum Gasteiger partial charge on any atom is 0.351 e. The Kier molecular flexibility index (Phi) is 4.21. The van der Waals surface area contributed by atoms with Crippen LogP contribution in [0.3, 0.4) is 0 Å². The molecule has 0 aliphatic heterocycles. The number of nitrogens with zero attached hydrogens (tertiary/aromatic N) is 1. The van der Waals surface area contributed by atoms with Gasteiger partial charge in [0.15, 0.2) is 0 Å². The third-order valence-electron chi connectivity index (χ3n) is 1.99. The maximum atomic E-state index is 11.4. The molecule has 0 aliphatic carbocycles. The third kappa shape index (κ3) is 3.30. The zero-order valence-electron chi connectivity index (χ0n) is 9.43. The minimum Gasteiger partial charge on any atom is -0.477 e. The van der Waals surface area contributed by atoms with Gasteiger partial charge in [-0.15, -0.1) is 0 Å². The number of benzene rings is 1. The number of hydrogen-bond acceptors (Lipinski definition) is 5. The van der Waals surface area contributed by atoms with Gasteiger partial charge in [0.05, 0.1) is 18.4 Å². The van der Waals surface area contributed by atoms with Crippen molar-refractivity contribution in [1.29, 1.82) is 0 Å². The van der Waals surface area contributed by atoms with Crippen molar-refractivity contribution >= 4 is 23.3 Å². The van der Waals surface area contributed by atoms with Gasteiger partial charge in [-0.05, 0) is 19.1 Å². The van der Waals surface area contributed by atoms with Crippen LogP contribution >= 0.6 is 0 Å². The van der Waals surface area contributed by atoms with Crippen LogP contribution in [0.25, 0.3) is 0 Å². The largest absolute Gasteiger partial charge is 0.477 e. The molecular formula is C11H12N2O4. The number of methoxy groups -OCH3 is 1. The smallest absolute Gasteiger partial charge is 0.351 e. The molecule has 6 nitrogen and oxygen atoms in total. The van der Waals surface area contributed by atoms with Crippen LogP contribution in [-0.4, -0.2) is 29.9 Å². The number of ether oxygens (including phenoxy) is 1. The average Bonchev–Trinajstić information content (AvgIpc) is 2.35. The van der Waals surface area contributed by atoms with Gasteiger partial charge in [0.2, 0.25) is 0 Å². The van der Waals surface area contributed by atoms with E-state index in [1.54, 1.807) is 24.3 Å². The van der Waals surface area contributed by atoms with Crippen LogP contribution in [0.5, 0.6) is 0 Å². The summed E-state index contributed by atoms with van der Waals surface area (Å²) < 4.78 is 4.59. The number of carboxylic acid groups (broad SMARTS) is 1. The first-order chi connectivity index (χ1) is 8.06. The molecule has 0 saturated heterocycles. The Morgan fingerprint density at radius 3 is 2.59 bits per heavy atom. The number of nitrogens with one attached hydrogen (secondary N) is 1. The zero-order chi connectivity index (χ0) is 12.8. The number of carbonyl (C=O) groups excluding carboxylic acids is 1. The highest BCUT2D eigenvalue weighted by atomic mass is 16.5. The van der Waals surface area contributed by atoms with Gasteiger partial charge in [-0.1, -0.05) is 12.1 Å². The van der Waals surface area contributed by atoms with Gasteiger partial charge in [0.1, 0.15) is 5.71 Å². The molecule has 0 heterocycles. The van der Waals surface area contributed by atoms with Crippen LogP contribution in [-0.2, 0) is 9.53 Å². The molecule has 1 rings (SSSR count). The summed E-state index contributed by atoms with van der Waals surface area (Å²) >= 11 is 0. The van der Waals surface area contributed by atoms with Gasteiger partial charge in [-0.3, -0.25) is 5.43 Å². The Morgan fingerprint density at radius 1 is 1.35 bits per heavy atom. The first kappa shape index (κ1) is 12.7. The zero-order valence-corrected chi connectivity index (χ0v) is 9.43. The Bertz CT molecular complexity index is 468. The Morgan fingerprint density at radius 2 is 2.00 bits per heavy atom. The molecule has 0 unspecified atom stereocenters. The lowest BCUT2D eigenvalue weighted by Gasteiger charge is -2.06. The lowest BCUT2D eigenvalue weighted by molar-refractivity contribution is -0.129. The molecule has 2 N–H and O–H groups in total. The van der Waals surface area contributed by atoms with Crippen LogP contribution in [0.2, 0.25) is 0 Å². The molecule has 90 valence electrons.